The summed E-state index contributed by atoms with van der Waals surface area (Å²) in [6.45, 7) is 0. The number of nitrogen functional groups attached to an aromatic ring is 1. The minimum atomic E-state index is -0.384. The zero-order valence-corrected chi connectivity index (χ0v) is 14.6. The summed E-state index contributed by atoms with van der Waals surface area (Å²) in [6, 6.07) is 15.5. The second-order valence-corrected chi connectivity index (χ2v) is 6.30. The third-order valence-corrected chi connectivity index (χ3v) is 4.48. The maximum atomic E-state index is 13.5. The van der Waals surface area contributed by atoms with E-state index in [1.165, 1.54) is 6.07 Å². The molecule has 24 heavy (non-hydrogen) atoms. The highest BCUT2D eigenvalue weighted by Gasteiger charge is 2.15. The lowest BCUT2D eigenvalue weighted by molar-refractivity contribution is 0.621. The van der Waals surface area contributed by atoms with E-state index in [-0.39, 0.29) is 17.2 Å². The molecule has 3 rings (SSSR count). The Morgan fingerprint density at radius 1 is 1.12 bits per heavy atom. The molecule has 0 bridgehead atoms. The molecule has 0 aliphatic heterocycles. The summed E-state index contributed by atoms with van der Waals surface area (Å²) in [5, 5.41) is 9.95. The van der Waals surface area contributed by atoms with E-state index in [2.05, 4.69) is 27.0 Å². The smallest absolute Gasteiger partial charge is 0.142 e. The molecule has 0 amide bonds. The largest absolute Gasteiger partial charge is 0.383 e. The van der Waals surface area contributed by atoms with Crippen molar-refractivity contribution >= 4 is 33.3 Å². The number of pyridine rings is 1. The van der Waals surface area contributed by atoms with E-state index in [1.54, 1.807) is 24.3 Å². The molecule has 0 atom stereocenters. The lowest BCUT2D eigenvalue weighted by Gasteiger charge is -2.11. The number of benzene rings is 2. The minimum Gasteiger partial charge on any atom is -0.383 e. The van der Waals surface area contributed by atoms with E-state index in [4.69, 9.17) is 17.3 Å². The molecule has 0 spiro atoms. The lowest BCUT2D eigenvalue weighted by Crippen LogP contribution is -2.00. The van der Waals surface area contributed by atoms with Crippen molar-refractivity contribution in [1.29, 1.82) is 5.26 Å². The fraction of sp³-hybridized carbons (Fsp3) is 0. The van der Waals surface area contributed by atoms with Gasteiger partial charge in [0.25, 0.3) is 0 Å². The number of anilines is 1. The van der Waals surface area contributed by atoms with Crippen LogP contribution in [0.15, 0.2) is 53.0 Å². The minimum absolute atomic E-state index is 0.102. The second kappa shape index (κ2) is 6.60. The highest BCUT2D eigenvalue weighted by atomic mass is 79.9. The maximum absolute atomic E-state index is 13.5. The topological polar surface area (TPSA) is 62.7 Å². The van der Waals surface area contributed by atoms with E-state index in [1.807, 2.05) is 18.2 Å². The highest BCUT2D eigenvalue weighted by molar-refractivity contribution is 9.10. The van der Waals surface area contributed by atoms with Crippen LogP contribution in [0.25, 0.3) is 22.4 Å². The number of nitriles is 1. The lowest BCUT2D eigenvalue weighted by atomic mass is 9.98. The van der Waals surface area contributed by atoms with Crippen molar-refractivity contribution in [2.24, 2.45) is 0 Å². The molecule has 6 heteroatoms. The van der Waals surface area contributed by atoms with Gasteiger partial charge >= 0.3 is 0 Å². The van der Waals surface area contributed by atoms with Crippen LogP contribution >= 0.6 is 27.5 Å². The van der Waals surface area contributed by atoms with Gasteiger partial charge in [-0.05, 0) is 45.8 Å². The quantitative estimate of drug-likeness (QED) is 0.622. The van der Waals surface area contributed by atoms with Gasteiger partial charge < -0.3 is 5.73 Å². The van der Waals surface area contributed by atoms with Crippen LogP contribution < -0.4 is 5.73 Å². The van der Waals surface area contributed by atoms with Crippen molar-refractivity contribution < 1.29 is 4.39 Å². The fourth-order valence-electron chi connectivity index (χ4n) is 2.38. The summed E-state index contributed by atoms with van der Waals surface area (Å²) in [5.74, 6) is -0.281. The summed E-state index contributed by atoms with van der Waals surface area (Å²) in [7, 11) is 0. The number of nitrogens with two attached hydrogens (primary N) is 1. The molecule has 0 aliphatic rings. The number of nitrogens with zero attached hydrogens (tertiary/aromatic N) is 2. The van der Waals surface area contributed by atoms with Crippen molar-refractivity contribution in [2.75, 3.05) is 5.73 Å². The average molecular weight is 403 g/mol. The summed E-state index contributed by atoms with van der Waals surface area (Å²) in [6.07, 6.45) is 0. The molecule has 1 heterocycles. The molecular weight excluding hydrogens is 393 g/mol. The van der Waals surface area contributed by atoms with Gasteiger partial charge in [-0.2, -0.15) is 5.26 Å². The van der Waals surface area contributed by atoms with Crippen LogP contribution in [-0.2, 0) is 0 Å². The van der Waals surface area contributed by atoms with E-state index in [0.717, 1.165) is 0 Å². The van der Waals surface area contributed by atoms with Crippen LogP contribution in [0.4, 0.5) is 10.2 Å². The molecule has 0 saturated carbocycles. The van der Waals surface area contributed by atoms with Crippen LogP contribution in [0.3, 0.4) is 0 Å². The molecular formula is C18H10BrClFN3. The Labute approximate surface area is 151 Å². The Morgan fingerprint density at radius 3 is 2.54 bits per heavy atom. The molecule has 2 N–H and O–H groups in total. The molecule has 0 aliphatic carbocycles. The van der Waals surface area contributed by atoms with Gasteiger partial charge in [0.1, 0.15) is 23.3 Å². The Hall–Kier alpha value is -2.42. The van der Waals surface area contributed by atoms with Gasteiger partial charge in [0.05, 0.1) is 10.2 Å². The second-order valence-electron chi connectivity index (χ2n) is 5.04. The first-order chi connectivity index (χ1) is 11.5. The molecule has 0 radical (unpaired) electrons. The number of hydrogen-bond donors (Lipinski definition) is 1. The van der Waals surface area contributed by atoms with E-state index < -0.39 is 0 Å². The van der Waals surface area contributed by atoms with Crippen LogP contribution in [0.2, 0.25) is 5.02 Å². The molecule has 118 valence electrons. The van der Waals surface area contributed by atoms with E-state index in [0.29, 0.717) is 31.9 Å². The van der Waals surface area contributed by atoms with Crippen LogP contribution in [0.5, 0.6) is 0 Å². The molecule has 0 fully saturated rings. The SMILES string of the molecule is N#Cc1c(-c2ccc(F)c(Br)c2)cc(-c2ccccc2Cl)nc1N. The third kappa shape index (κ3) is 2.99. The maximum Gasteiger partial charge on any atom is 0.142 e. The first-order valence-corrected chi connectivity index (χ1v) is 8.09. The monoisotopic (exact) mass is 401 g/mol. The number of rotatable bonds is 2. The number of hydrogen-bond acceptors (Lipinski definition) is 3. The summed E-state index contributed by atoms with van der Waals surface area (Å²) >= 11 is 9.38. The number of aromatic nitrogens is 1. The summed E-state index contributed by atoms with van der Waals surface area (Å²) in [5.41, 5.74) is 8.68. The molecule has 0 unspecified atom stereocenters. The van der Waals surface area contributed by atoms with Crippen LogP contribution in [0.1, 0.15) is 5.56 Å². The first-order valence-electron chi connectivity index (χ1n) is 6.92. The van der Waals surface area contributed by atoms with Gasteiger partial charge in [-0.3, -0.25) is 0 Å². The normalized spacial score (nSPS) is 10.4. The Balaban J connectivity index is 2.27. The summed E-state index contributed by atoms with van der Waals surface area (Å²) in [4.78, 5) is 4.29. The van der Waals surface area contributed by atoms with Gasteiger partial charge in [0.2, 0.25) is 0 Å². The predicted octanol–water partition coefficient (Wildman–Crippen LogP) is 5.42. The van der Waals surface area contributed by atoms with Crippen molar-refractivity contribution in [1.82, 2.24) is 4.98 Å². The average Bonchev–Trinajstić information content (AvgIpc) is 2.57. The van der Waals surface area contributed by atoms with Gasteiger partial charge in [0.15, 0.2) is 0 Å². The molecule has 0 saturated heterocycles. The third-order valence-electron chi connectivity index (χ3n) is 3.54. The van der Waals surface area contributed by atoms with Crippen molar-refractivity contribution in [2.45, 2.75) is 0 Å². The zero-order valence-electron chi connectivity index (χ0n) is 12.2. The van der Waals surface area contributed by atoms with Gasteiger partial charge in [-0.1, -0.05) is 35.9 Å². The van der Waals surface area contributed by atoms with Gasteiger partial charge in [-0.25, -0.2) is 9.37 Å². The molecule has 2 aromatic carbocycles. The van der Waals surface area contributed by atoms with Gasteiger partial charge in [0, 0.05) is 16.1 Å². The zero-order chi connectivity index (χ0) is 17.3. The number of halogens is 3. The van der Waals surface area contributed by atoms with Crippen molar-refractivity contribution in [3.05, 3.63) is 69.4 Å². The van der Waals surface area contributed by atoms with E-state index in [9.17, 15) is 9.65 Å². The predicted molar refractivity (Wildman–Crippen MR) is 96.9 cm³/mol. The summed E-state index contributed by atoms with van der Waals surface area (Å²) < 4.78 is 13.8. The first kappa shape index (κ1) is 16.4. The van der Waals surface area contributed by atoms with E-state index >= 15 is 0 Å². The molecule has 1 aromatic heterocycles. The molecule has 3 nitrogen and oxygen atoms in total. The Morgan fingerprint density at radius 2 is 1.88 bits per heavy atom. The Bertz CT molecular complexity index is 982. The van der Waals surface area contributed by atoms with Crippen LogP contribution in [-0.4, -0.2) is 4.98 Å². The fourth-order valence-corrected chi connectivity index (χ4v) is 2.99. The van der Waals surface area contributed by atoms with Crippen molar-refractivity contribution in [3.8, 4) is 28.5 Å². The Kier molecular flexibility index (Phi) is 4.52. The highest BCUT2D eigenvalue weighted by Crippen LogP contribution is 2.35. The molecule has 3 aromatic rings. The van der Waals surface area contributed by atoms with Gasteiger partial charge in [-0.15, -0.1) is 0 Å². The van der Waals surface area contributed by atoms with Crippen molar-refractivity contribution in [3.63, 3.8) is 0 Å². The standard InChI is InChI=1S/C18H10BrClFN3/c19-14-7-10(5-6-16(14)21)12-8-17(24-18(23)13(12)9-22)11-3-1-2-4-15(11)20/h1-8H,(H2,23,24). The van der Waals surface area contributed by atoms with Crippen LogP contribution in [0, 0.1) is 17.1 Å².